The van der Waals surface area contributed by atoms with E-state index in [2.05, 4.69) is 44.1 Å². The van der Waals surface area contributed by atoms with Gasteiger partial charge in [0.25, 0.3) is 0 Å². The van der Waals surface area contributed by atoms with Crippen LogP contribution in [0.5, 0.6) is 0 Å². The first-order chi connectivity index (χ1) is 15.5. The lowest BCUT2D eigenvalue weighted by Gasteiger charge is -2.10. The van der Waals surface area contributed by atoms with Crippen LogP contribution in [0.15, 0.2) is 43.0 Å². The molecular weight excluding hydrogens is 407 g/mol. The van der Waals surface area contributed by atoms with Crippen molar-refractivity contribution in [2.75, 3.05) is 11.9 Å². The monoisotopic (exact) mass is 432 g/mol. The summed E-state index contributed by atoms with van der Waals surface area (Å²) in [6.07, 6.45) is 6.03. The highest BCUT2D eigenvalue weighted by Gasteiger charge is 2.22. The summed E-state index contributed by atoms with van der Waals surface area (Å²) in [5.41, 5.74) is 3.20. The van der Waals surface area contributed by atoms with Crippen molar-refractivity contribution < 1.29 is 9.18 Å². The molecule has 4 aromatic heterocycles. The molecule has 4 heterocycles. The Bertz CT molecular complexity index is 1250. The highest BCUT2D eigenvalue weighted by atomic mass is 19.1. The number of aryl methyl sites for hydroxylation is 1. The predicted octanol–water partition coefficient (Wildman–Crippen LogP) is 4.34. The van der Waals surface area contributed by atoms with Gasteiger partial charge in [0.15, 0.2) is 5.78 Å². The van der Waals surface area contributed by atoms with Crippen LogP contribution in [0, 0.1) is 11.9 Å². The molecule has 4 aromatic rings. The second kappa shape index (κ2) is 9.21. The molecule has 0 bridgehead atoms. The minimum absolute atomic E-state index is 0.0900. The first-order valence-corrected chi connectivity index (χ1v) is 10.7. The van der Waals surface area contributed by atoms with Crippen LogP contribution in [0.1, 0.15) is 53.6 Å². The summed E-state index contributed by atoms with van der Waals surface area (Å²) in [5.74, 6) is -0.334. The average Bonchev–Trinajstić information content (AvgIpc) is 3.23. The normalized spacial score (nSPS) is 11.3. The summed E-state index contributed by atoms with van der Waals surface area (Å²) in [4.78, 5) is 33.0. The minimum Gasteiger partial charge on any atom is -0.369 e. The second-order valence-corrected chi connectivity index (χ2v) is 8.08. The standard InChI is InChI=1S/C24H25FN6O/c1-4-16-6-5-15(11-26-16)9-17-7-8-18(22(25)31-17)21(32)19-12-28-24-20(19)23(29-13-30-24)27-10-14(2)3/h5-8,11-14H,4,9-10H2,1-3H3,(H2,27,28,29,30). The summed E-state index contributed by atoms with van der Waals surface area (Å²) in [6, 6.07) is 7.07. The maximum Gasteiger partial charge on any atom is 0.224 e. The van der Waals surface area contributed by atoms with E-state index in [1.54, 1.807) is 12.3 Å². The fraction of sp³-hybridized carbons (Fsp3) is 0.292. The first kappa shape index (κ1) is 21.5. The molecular formula is C24H25FN6O. The van der Waals surface area contributed by atoms with E-state index in [0.29, 0.717) is 47.0 Å². The van der Waals surface area contributed by atoms with Crippen LogP contribution in [0.4, 0.5) is 10.2 Å². The molecule has 0 saturated heterocycles. The third kappa shape index (κ3) is 4.49. The molecule has 0 aliphatic heterocycles. The van der Waals surface area contributed by atoms with Gasteiger partial charge in [-0.3, -0.25) is 9.78 Å². The van der Waals surface area contributed by atoms with Gasteiger partial charge < -0.3 is 10.3 Å². The Balaban J connectivity index is 1.61. The molecule has 0 aliphatic carbocycles. The minimum atomic E-state index is -0.798. The second-order valence-electron chi connectivity index (χ2n) is 8.08. The zero-order chi connectivity index (χ0) is 22.7. The van der Waals surface area contributed by atoms with Gasteiger partial charge in [-0.25, -0.2) is 15.0 Å². The van der Waals surface area contributed by atoms with Crippen molar-refractivity contribution in [1.29, 1.82) is 0 Å². The number of H-pyrrole nitrogens is 1. The van der Waals surface area contributed by atoms with E-state index in [-0.39, 0.29) is 5.56 Å². The number of pyridine rings is 2. The van der Waals surface area contributed by atoms with Gasteiger partial charge in [-0.05, 0) is 36.1 Å². The number of ketones is 1. The summed E-state index contributed by atoms with van der Waals surface area (Å²) in [6.45, 7) is 6.87. The van der Waals surface area contributed by atoms with Gasteiger partial charge in [0.1, 0.15) is 17.8 Å². The van der Waals surface area contributed by atoms with Crippen LogP contribution < -0.4 is 5.32 Å². The Labute approximate surface area is 185 Å². The van der Waals surface area contributed by atoms with Crippen molar-refractivity contribution in [1.82, 2.24) is 24.9 Å². The number of aromatic amines is 1. The molecule has 0 saturated carbocycles. The van der Waals surface area contributed by atoms with Crippen LogP contribution in [-0.2, 0) is 12.8 Å². The summed E-state index contributed by atoms with van der Waals surface area (Å²) in [7, 11) is 0. The maximum absolute atomic E-state index is 14.9. The SMILES string of the molecule is CCc1ccc(Cc2ccc(C(=O)c3c[nH]c4ncnc(NCC(C)C)c34)c(F)n2)cn1. The molecule has 4 rings (SSSR count). The smallest absolute Gasteiger partial charge is 0.224 e. The lowest BCUT2D eigenvalue weighted by molar-refractivity contribution is 0.103. The summed E-state index contributed by atoms with van der Waals surface area (Å²) < 4.78 is 14.9. The number of anilines is 1. The predicted molar refractivity (Wildman–Crippen MR) is 121 cm³/mol. The largest absolute Gasteiger partial charge is 0.369 e. The molecule has 0 aromatic carbocycles. The van der Waals surface area contributed by atoms with Crippen LogP contribution in [0.25, 0.3) is 11.0 Å². The van der Waals surface area contributed by atoms with Gasteiger partial charge >= 0.3 is 0 Å². The number of halogens is 1. The van der Waals surface area contributed by atoms with Crippen LogP contribution in [0.2, 0.25) is 0 Å². The van der Waals surface area contributed by atoms with E-state index in [1.807, 2.05) is 19.1 Å². The zero-order valence-electron chi connectivity index (χ0n) is 18.3. The fourth-order valence-electron chi connectivity index (χ4n) is 3.44. The maximum atomic E-state index is 14.9. The van der Waals surface area contributed by atoms with Crippen LogP contribution in [0.3, 0.4) is 0 Å². The van der Waals surface area contributed by atoms with Crippen molar-refractivity contribution in [2.24, 2.45) is 5.92 Å². The molecule has 0 unspecified atom stereocenters. The Morgan fingerprint density at radius 1 is 1.09 bits per heavy atom. The molecule has 0 fully saturated rings. The Kier molecular flexibility index (Phi) is 6.20. The average molecular weight is 433 g/mol. The molecule has 0 aliphatic rings. The summed E-state index contributed by atoms with van der Waals surface area (Å²) >= 11 is 0. The van der Waals surface area contributed by atoms with Crippen molar-refractivity contribution in [3.8, 4) is 0 Å². The highest BCUT2D eigenvalue weighted by molar-refractivity contribution is 6.17. The molecule has 0 atom stereocenters. The van der Waals surface area contributed by atoms with Gasteiger partial charge in [0, 0.05) is 36.7 Å². The lowest BCUT2D eigenvalue weighted by atomic mass is 10.0. The number of rotatable bonds is 8. The zero-order valence-corrected chi connectivity index (χ0v) is 18.3. The van der Waals surface area contributed by atoms with Gasteiger partial charge in [0.05, 0.1) is 16.5 Å². The fourth-order valence-corrected chi connectivity index (χ4v) is 3.44. The Hall–Kier alpha value is -3.68. The van der Waals surface area contributed by atoms with E-state index in [1.165, 1.54) is 18.6 Å². The van der Waals surface area contributed by atoms with Crippen molar-refractivity contribution >= 4 is 22.6 Å². The molecule has 164 valence electrons. The molecule has 0 spiro atoms. The number of nitrogens with zero attached hydrogens (tertiary/aromatic N) is 4. The molecule has 7 nitrogen and oxygen atoms in total. The van der Waals surface area contributed by atoms with Crippen molar-refractivity contribution in [3.63, 3.8) is 0 Å². The third-order valence-electron chi connectivity index (χ3n) is 5.18. The molecule has 32 heavy (non-hydrogen) atoms. The van der Waals surface area contributed by atoms with Crippen molar-refractivity contribution in [2.45, 2.75) is 33.6 Å². The van der Waals surface area contributed by atoms with E-state index in [0.717, 1.165) is 17.7 Å². The van der Waals surface area contributed by atoms with E-state index in [4.69, 9.17) is 0 Å². The number of fused-ring (bicyclic) bond motifs is 1. The number of hydrogen-bond acceptors (Lipinski definition) is 6. The van der Waals surface area contributed by atoms with Gasteiger partial charge in [0.2, 0.25) is 5.95 Å². The molecule has 2 N–H and O–H groups in total. The van der Waals surface area contributed by atoms with Crippen LogP contribution >= 0.6 is 0 Å². The number of carbonyl (C=O) groups is 1. The number of aromatic nitrogens is 5. The Morgan fingerprint density at radius 3 is 2.59 bits per heavy atom. The van der Waals surface area contributed by atoms with Crippen LogP contribution in [-0.4, -0.2) is 37.2 Å². The summed E-state index contributed by atoms with van der Waals surface area (Å²) in [5, 5.41) is 3.79. The van der Waals surface area contributed by atoms with E-state index < -0.39 is 11.7 Å². The molecule has 0 amide bonds. The highest BCUT2D eigenvalue weighted by Crippen LogP contribution is 2.26. The molecule has 8 heteroatoms. The van der Waals surface area contributed by atoms with E-state index in [9.17, 15) is 9.18 Å². The van der Waals surface area contributed by atoms with E-state index >= 15 is 0 Å². The number of carbonyl (C=O) groups excluding carboxylic acids is 1. The van der Waals surface area contributed by atoms with Gasteiger partial charge in [-0.15, -0.1) is 0 Å². The van der Waals surface area contributed by atoms with Gasteiger partial charge in [-0.1, -0.05) is 26.8 Å². The van der Waals surface area contributed by atoms with Gasteiger partial charge in [-0.2, -0.15) is 4.39 Å². The topological polar surface area (TPSA) is 96.5 Å². The lowest BCUT2D eigenvalue weighted by Crippen LogP contribution is -2.11. The first-order valence-electron chi connectivity index (χ1n) is 10.7. The quantitative estimate of drug-likeness (QED) is 0.318. The number of hydrogen-bond donors (Lipinski definition) is 2. The van der Waals surface area contributed by atoms with Crippen molar-refractivity contribution in [3.05, 3.63) is 77.0 Å². The Morgan fingerprint density at radius 2 is 1.91 bits per heavy atom. The third-order valence-corrected chi connectivity index (χ3v) is 5.18. The molecule has 0 radical (unpaired) electrons. The number of nitrogens with one attached hydrogen (secondary N) is 2.